The number of ether oxygens (including phenoxy) is 1. The number of nitrogens with zero attached hydrogens (tertiary/aromatic N) is 1. The average Bonchev–Trinajstić information content (AvgIpc) is 2.72. The summed E-state index contributed by atoms with van der Waals surface area (Å²) >= 11 is 5.87. The molecule has 7 heteroatoms. The van der Waals surface area contributed by atoms with Gasteiger partial charge in [-0.2, -0.15) is 0 Å². The normalized spacial score (nSPS) is 12.2. The summed E-state index contributed by atoms with van der Waals surface area (Å²) in [6, 6.07) is 12.4. The van der Waals surface area contributed by atoms with Crippen LogP contribution < -0.4 is 10.1 Å². The first-order chi connectivity index (χ1) is 15.1. The second-order valence-electron chi connectivity index (χ2n) is 8.72. The number of nitrogens with one attached hydrogen (secondary N) is 1. The third-order valence-electron chi connectivity index (χ3n) is 4.77. The van der Waals surface area contributed by atoms with Crippen molar-refractivity contribution in [3.05, 3.63) is 64.9 Å². The quantitative estimate of drug-likeness (QED) is 0.483. The number of halogens is 2. The molecule has 32 heavy (non-hydrogen) atoms. The number of benzene rings is 2. The number of amides is 2. The minimum Gasteiger partial charge on any atom is -0.494 e. The molecule has 0 aliphatic carbocycles. The Morgan fingerprint density at radius 3 is 2.28 bits per heavy atom. The molecule has 0 aliphatic rings. The maximum absolute atomic E-state index is 13.3. The lowest BCUT2D eigenvalue weighted by Gasteiger charge is -2.33. The van der Waals surface area contributed by atoms with Gasteiger partial charge in [0.05, 0.1) is 6.61 Å². The maximum Gasteiger partial charge on any atom is 0.243 e. The fourth-order valence-corrected chi connectivity index (χ4v) is 3.37. The predicted octanol–water partition coefficient (Wildman–Crippen LogP) is 5.36. The first kappa shape index (κ1) is 25.7. The maximum atomic E-state index is 13.3. The van der Waals surface area contributed by atoms with Crippen molar-refractivity contribution in [1.82, 2.24) is 10.2 Å². The van der Waals surface area contributed by atoms with Gasteiger partial charge in [-0.3, -0.25) is 9.59 Å². The van der Waals surface area contributed by atoms with Crippen molar-refractivity contribution in [2.75, 3.05) is 6.61 Å². The largest absolute Gasteiger partial charge is 0.494 e. The third-order valence-corrected chi connectivity index (χ3v) is 5.02. The summed E-state index contributed by atoms with van der Waals surface area (Å²) in [5, 5.41) is 3.59. The van der Waals surface area contributed by atoms with Crippen LogP contribution in [0.3, 0.4) is 0 Å². The molecule has 0 spiro atoms. The monoisotopic (exact) mass is 462 g/mol. The van der Waals surface area contributed by atoms with Crippen LogP contribution in [0.15, 0.2) is 48.5 Å². The molecular weight excluding hydrogens is 431 g/mol. The van der Waals surface area contributed by atoms with Crippen LogP contribution in [0, 0.1) is 5.82 Å². The van der Waals surface area contributed by atoms with E-state index in [1.54, 1.807) is 41.3 Å². The van der Waals surface area contributed by atoms with E-state index in [1.165, 1.54) is 12.1 Å². The van der Waals surface area contributed by atoms with Gasteiger partial charge in [0.2, 0.25) is 11.8 Å². The van der Waals surface area contributed by atoms with Gasteiger partial charge in [-0.15, -0.1) is 0 Å². The molecule has 2 rings (SSSR count). The zero-order chi connectivity index (χ0) is 23.7. The van der Waals surface area contributed by atoms with E-state index in [1.807, 2.05) is 27.7 Å². The lowest BCUT2D eigenvalue weighted by atomic mass is 10.0. The van der Waals surface area contributed by atoms with Crippen LogP contribution in [0.5, 0.6) is 5.75 Å². The van der Waals surface area contributed by atoms with Crippen molar-refractivity contribution in [3.63, 3.8) is 0 Å². The van der Waals surface area contributed by atoms with Crippen molar-refractivity contribution in [3.8, 4) is 5.75 Å². The number of hydrogen-bond donors (Lipinski definition) is 1. The van der Waals surface area contributed by atoms with Gasteiger partial charge in [0.25, 0.3) is 0 Å². The van der Waals surface area contributed by atoms with E-state index in [0.29, 0.717) is 30.2 Å². The summed E-state index contributed by atoms with van der Waals surface area (Å²) in [5.74, 6) is -0.0117. The van der Waals surface area contributed by atoms with E-state index in [0.717, 1.165) is 5.56 Å². The van der Waals surface area contributed by atoms with Crippen LogP contribution in [0.25, 0.3) is 0 Å². The molecule has 1 N–H and O–H groups in total. The standard InChI is InChI=1S/C25H32ClFN2O3/c1-5-22(24(31)28-25(2,3)4)29(17-18-8-12-20(27)13-9-18)23(30)7-6-16-32-21-14-10-19(26)11-15-21/h8-15,22H,5-7,16-17H2,1-4H3,(H,28,31). The molecule has 0 aliphatic heterocycles. The molecule has 2 aromatic rings. The second kappa shape index (κ2) is 11.9. The molecule has 0 heterocycles. The highest BCUT2D eigenvalue weighted by molar-refractivity contribution is 6.30. The number of hydrogen-bond acceptors (Lipinski definition) is 3. The predicted molar refractivity (Wildman–Crippen MR) is 125 cm³/mol. The van der Waals surface area contributed by atoms with Gasteiger partial charge in [-0.1, -0.05) is 30.7 Å². The summed E-state index contributed by atoms with van der Waals surface area (Å²) in [6.45, 7) is 8.17. The summed E-state index contributed by atoms with van der Waals surface area (Å²) in [7, 11) is 0. The lowest BCUT2D eigenvalue weighted by molar-refractivity contribution is -0.142. The number of carbonyl (C=O) groups is 2. The zero-order valence-electron chi connectivity index (χ0n) is 19.2. The summed E-state index contributed by atoms with van der Waals surface area (Å²) in [4.78, 5) is 27.6. The van der Waals surface area contributed by atoms with Crippen molar-refractivity contribution >= 4 is 23.4 Å². The molecule has 0 saturated heterocycles. The van der Waals surface area contributed by atoms with Crippen LogP contribution in [-0.4, -0.2) is 34.9 Å². The minimum absolute atomic E-state index is 0.148. The van der Waals surface area contributed by atoms with Gasteiger partial charge in [-0.25, -0.2) is 4.39 Å². The van der Waals surface area contributed by atoms with E-state index >= 15 is 0 Å². The highest BCUT2D eigenvalue weighted by Crippen LogP contribution is 2.18. The Morgan fingerprint density at radius 1 is 1.09 bits per heavy atom. The molecule has 1 unspecified atom stereocenters. The Kier molecular flexibility index (Phi) is 9.51. The SMILES string of the molecule is CCC(C(=O)NC(C)(C)C)N(Cc1ccc(F)cc1)C(=O)CCCOc1ccc(Cl)cc1. The fourth-order valence-electron chi connectivity index (χ4n) is 3.25. The van der Waals surface area contributed by atoms with E-state index in [4.69, 9.17) is 16.3 Å². The molecule has 2 aromatic carbocycles. The average molecular weight is 463 g/mol. The Balaban J connectivity index is 2.07. The molecule has 5 nitrogen and oxygen atoms in total. The molecular formula is C25H32ClFN2O3. The summed E-state index contributed by atoms with van der Waals surface area (Å²) < 4.78 is 19.0. The van der Waals surface area contributed by atoms with Gasteiger partial charge in [0.1, 0.15) is 17.6 Å². The molecule has 174 valence electrons. The Labute approximate surface area is 194 Å². The molecule has 0 radical (unpaired) electrons. The highest BCUT2D eigenvalue weighted by Gasteiger charge is 2.30. The first-order valence-electron chi connectivity index (χ1n) is 10.8. The van der Waals surface area contributed by atoms with Crippen molar-refractivity contribution in [2.24, 2.45) is 0 Å². The van der Waals surface area contributed by atoms with Gasteiger partial charge in [0.15, 0.2) is 0 Å². The Bertz CT molecular complexity index is 880. The van der Waals surface area contributed by atoms with Crippen LogP contribution >= 0.6 is 11.6 Å². The second-order valence-corrected chi connectivity index (χ2v) is 9.15. The van der Waals surface area contributed by atoms with Crippen LogP contribution in [0.4, 0.5) is 4.39 Å². The van der Waals surface area contributed by atoms with Crippen LogP contribution in [0.2, 0.25) is 5.02 Å². The van der Waals surface area contributed by atoms with Crippen molar-refractivity contribution in [1.29, 1.82) is 0 Å². The smallest absolute Gasteiger partial charge is 0.243 e. The zero-order valence-corrected chi connectivity index (χ0v) is 19.9. The van der Waals surface area contributed by atoms with E-state index in [-0.39, 0.29) is 30.6 Å². The van der Waals surface area contributed by atoms with Crippen LogP contribution in [0.1, 0.15) is 52.5 Å². The highest BCUT2D eigenvalue weighted by atomic mass is 35.5. The summed E-state index contributed by atoms with van der Waals surface area (Å²) in [6.07, 6.45) is 1.20. The molecule has 0 bridgehead atoms. The molecule has 0 aromatic heterocycles. The third kappa shape index (κ3) is 8.50. The van der Waals surface area contributed by atoms with Gasteiger partial charge in [0, 0.05) is 23.5 Å². The van der Waals surface area contributed by atoms with Crippen molar-refractivity contribution < 1.29 is 18.7 Å². The van der Waals surface area contributed by atoms with Gasteiger partial charge >= 0.3 is 0 Å². The Morgan fingerprint density at radius 2 is 1.72 bits per heavy atom. The van der Waals surface area contributed by atoms with E-state index in [2.05, 4.69) is 5.32 Å². The van der Waals surface area contributed by atoms with E-state index < -0.39 is 11.6 Å². The van der Waals surface area contributed by atoms with Gasteiger partial charge < -0.3 is 15.0 Å². The molecule has 0 fully saturated rings. The minimum atomic E-state index is -0.621. The Hall–Kier alpha value is -2.60. The summed E-state index contributed by atoms with van der Waals surface area (Å²) in [5.41, 5.74) is 0.348. The topological polar surface area (TPSA) is 58.6 Å². The molecule has 2 amide bonds. The number of rotatable bonds is 10. The van der Waals surface area contributed by atoms with Crippen LogP contribution in [-0.2, 0) is 16.1 Å². The van der Waals surface area contributed by atoms with Crippen molar-refractivity contribution in [2.45, 2.75) is 65.1 Å². The fraction of sp³-hybridized carbons (Fsp3) is 0.440. The van der Waals surface area contributed by atoms with Gasteiger partial charge in [-0.05, 0) is 75.6 Å². The number of carbonyl (C=O) groups excluding carboxylic acids is 2. The van der Waals surface area contributed by atoms with E-state index in [9.17, 15) is 14.0 Å². The molecule has 0 saturated carbocycles. The molecule has 1 atom stereocenters. The first-order valence-corrected chi connectivity index (χ1v) is 11.2. The lowest BCUT2D eigenvalue weighted by Crippen LogP contribution is -2.53.